The molecule has 2 rings (SSSR count). The standard InChI is InChI=1S/C14H30N4/c1-16-14(13-3-7-17(2)11-13)12-4-8-18(9-5-12)10-6-15/h12-14,16H,3-11,15H2,1-2H3. The number of piperidine rings is 1. The van der Waals surface area contributed by atoms with Crippen LogP contribution in [0, 0.1) is 11.8 Å². The van der Waals surface area contributed by atoms with Gasteiger partial charge in [-0.05, 0) is 64.8 Å². The Hall–Kier alpha value is -0.160. The Morgan fingerprint density at radius 1 is 1.17 bits per heavy atom. The minimum absolute atomic E-state index is 0.718. The van der Waals surface area contributed by atoms with Crippen molar-refractivity contribution in [1.29, 1.82) is 0 Å². The van der Waals surface area contributed by atoms with Gasteiger partial charge in [0.1, 0.15) is 0 Å². The largest absolute Gasteiger partial charge is 0.329 e. The van der Waals surface area contributed by atoms with E-state index in [-0.39, 0.29) is 0 Å². The van der Waals surface area contributed by atoms with Crippen molar-refractivity contribution in [3.05, 3.63) is 0 Å². The third-order valence-electron chi connectivity index (χ3n) is 4.85. The summed E-state index contributed by atoms with van der Waals surface area (Å²) in [5.41, 5.74) is 5.64. The highest BCUT2D eigenvalue weighted by atomic mass is 15.1. The smallest absolute Gasteiger partial charge is 0.0134 e. The molecule has 0 saturated carbocycles. The van der Waals surface area contributed by atoms with E-state index >= 15 is 0 Å². The number of rotatable bonds is 5. The summed E-state index contributed by atoms with van der Waals surface area (Å²) in [4.78, 5) is 4.99. The van der Waals surface area contributed by atoms with Crippen molar-refractivity contribution in [2.45, 2.75) is 25.3 Å². The van der Waals surface area contributed by atoms with Gasteiger partial charge in [0.25, 0.3) is 0 Å². The number of nitrogens with zero attached hydrogens (tertiary/aromatic N) is 2. The maximum atomic E-state index is 5.64. The van der Waals surface area contributed by atoms with Crippen LogP contribution in [0.3, 0.4) is 0 Å². The molecular weight excluding hydrogens is 224 g/mol. The van der Waals surface area contributed by atoms with Crippen molar-refractivity contribution in [3.63, 3.8) is 0 Å². The predicted octanol–water partition coefficient (Wildman–Crippen LogP) is 0.197. The molecule has 2 saturated heterocycles. The lowest BCUT2D eigenvalue weighted by Crippen LogP contribution is -2.47. The van der Waals surface area contributed by atoms with E-state index < -0.39 is 0 Å². The molecular formula is C14H30N4. The molecule has 2 aliphatic heterocycles. The zero-order valence-corrected chi connectivity index (χ0v) is 12.1. The monoisotopic (exact) mass is 254 g/mol. The fourth-order valence-corrected chi connectivity index (χ4v) is 3.84. The van der Waals surface area contributed by atoms with Crippen molar-refractivity contribution in [2.75, 3.05) is 53.4 Å². The van der Waals surface area contributed by atoms with Crippen LogP contribution in [0.1, 0.15) is 19.3 Å². The van der Waals surface area contributed by atoms with E-state index in [9.17, 15) is 0 Å². The van der Waals surface area contributed by atoms with E-state index in [4.69, 9.17) is 5.73 Å². The Balaban J connectivity index is 1.82. The van der Waals surface area contributed by atoms with Gasteiger partial charge < -0.3 is 20.9 Å². The normalized spacial score (nSPS) is 29.8. The zero-order valence-electron chi connectivity index (χ0n) is 12.1. The van der Waals surface area contributed by atoms with Crippen LogP contribution in [0.15, 0.2) is 0 Å². The number of likely N-dealkylation sites (tertiary alicyclic amines) is 2. The highest BCUT2D eigenvalue weighted by Crippen LogP contribution is 2.29. The van der Waals surface area contributed by atoms with Gasteiger partial charge in [-0.2, -0.15) is 0 Å². The molecule has 4 heteroatoms. The number of hydrogen-bond donors (Lipinski definition) is 2. The molecule has 0 aromatic carbocycles. The van der Waals surface area contributed by atoms with E-state index in [0.717, 1.165) is 31.0 Å². The molecule has 0 aromatic heterocycles. The highest BCUT2D eigenvalue weighted by molar-refractivity contribution is 4.90. The second kappa shape index (κ2) is 6.85. The summed E-state index contributed by atoms with van der Waals surface area (Å²) in [5, 5.41) is 3.61. The third-order valence-corrected chi connectivity index (χ3v) is 4.85. The average molecular weight is 254 g/mol. The van der Waals surface area contributed by atoms with Gasteiger partial charge >= 0.3 is 0 Å². The van der Waals surface area contributed by atoms with Gasteiger partial charge in [-0.3, -0.25) is 0 Å². The Kier molecular flexibility index (Phi) is 5.42. The summed E-state index contributed by atoms with van der Waals surface area (Å²) >= 11 is 0. The fourth-order valence-electron chi connectivity index (χ4n) is 3.84. The number of nitrogens with two attached hydrogens (primary N) is 1. The van der Waals surface area contributed by atoms with E-state index in [1.165, 1.54) is 45.4 Å². The Morgan fingerprint density at radius 2 is 1.83 bits per heavy atom. The first-order valence-corrected chi connectivity index (χ1v) is 7.52. The maximum Gasteiger partial charge on any atom is 0.0134 e. The van der Waals surface area contributed by atoms with Gasteiger partial charge in [0.2, 0.25) is 0 Å². The summed E-state index contributed by atoms with van der Waals surface area (Å²) in [6.07, 6.45) is 4.04. The molecule has 0 amide bonds. The molecule has 2 atom stereocenters. The lowest BCUT2D eigenvalue weighted by atomic mass is 9.81. The summed E-state index contributed by atoms with van der Waals surface area (Å²) < 4.78 is 0. The van der Waals surface area contributed by atoms with Crippen LogP contribution in [0.2, 0.25) is 0 Å². The topological polar surface area (TPSA) is 44.5 Å². The lowest BCUT2D eigenvalue weighted by molar-refractivity contribution is 0.142. The zero-order chi connectivity index (χ0) is 13.0. The van der Waals surface area contributed by atoms with E-state index in [1.54, 1.807) is 0 Å². The molecule has 2 aliphatic rings. The van der Waals surface area contributed by atoms with Crippen LogP contribution in [-0.2, 0) is 0 Å². The van der Waals surface area contributed by atoms with Crippen LogP contribution in [0.25, 0.3) is 0 Å². The third kappa shape index (κ3) is 3.44. The number of hydrogen-bond acceptors (Lipinski definition) is 4. The van der Waals surface area contributed by atoms with E-state index in [1.807, 2.05) is 0 Å². The molecule has 106 valence electrons. The van der Waals surface area contributed by atoms with Crippen molar-refractivity contribution >= 4 is 0 Å². The molecule has 0 radical (unpaired) electrons. The summed E-state index contributed by atoms with van der Waals surface area (Å²) in [5.74, 6) is 1.71. The van der Waals surface area contributed by atoms with Gasteiger partial charge in [-0.1, -0.05) is 0 Å². The van der Waals surface area contributed by atoms with Gasteiger partial charge in [-0.15, -0.1) is 0 Å². The first-order chi connectivity index (χ1) is 8.74. The van der Waals surface area contributed by atoms with Gasteiger partial charge in [0, 0.05) is 25.7 Å². The van der Waals surface area contributed by atoms with Crippen LogP contribution in [0.4, 0.5) is 0 Å². The van der Waals surface area contributed by atoms with Gasteiger partial charge in [0.05, 0.1) is 0 Å². The molecule has 4 nitrogen and oxygen atoms in total. The van der Waals surface area contributed by atoms with E-state index in [2.05, 4.69) is 29.2 Å². The summed E-state index contributed by atoms with van der Waals surface area (Å²) in [7, 11) is 4.39. The molecule has 18 heavy (non-hydrogen) atoms. The van der Waals surface area contributed by atoms with Gasteiger partial charge in [0.15, 0.2) is 0 Å². The molecule has 2 unspecified atom stereocenters. The summed E-state index contributed by atoms with van der Waals surface area (Å²) in [6.45, 7) is 6.89. The SMILES string of the molecule is CNC(C1CCN(CCN)CC1)C1CCN(C)C1. The molecule has 2 heterocycles. The molecule has 3 N–H and O–H groups in total. The maximum absolute atomic E-state index is 5.64. The molecule has 0 aromatic rings. The van der Waals surface area contributed by atoms with Crippen molar-refractivity contribution in [2.24, 2.45) is 17.6 Å². The second-order valence-electron chi connectivity index (χ2n) is 6.09. The fraction of sp³-hybridized carbons (Fsp3) is 1.00. The van der Waals surface area contributed by atoms with Crippen molar-refractivity contribution in [3.8, 4) is 0 Å². The minimum Gasteiger partial charge on any atom is -0.329 e. The quantitative estimate of drug-likeness (QED) is 0.735. The molecule has 0 aliphatic carbocycles. The first kappa shape index (κ1) is 14.3. The van der Waals surface area contributed by atoms with E-state index in [0.29, 0.717) is 0 Å². The predicted molar refractivity (Wildman–Crippen MR) is 76.7 cm³/mol. The van der Waals surface area contributed by atoms with Crippen LogP contribution >= 0.6 is 0 Å². The second-order valence-corrected chi connectivity index (χ2v) is 6.09. The Labute approximate surface area is 112 Å². The highest BCUT2D eigenvalue weighted by Gasteiger charge is 2.33. The molecule has 0 spiro atoms. The van der Waals surface area contributed by atoms with Crippen LogP contribution in [0.5, 0.6) is 0 Å². The van der Waals surface area contributed by atoms with Crippen LogP contribution in [-0.4, -0.2) is 69.2 Å². The number of nitrogens with one attached hydrogen (secondary N) is 1. The molecule has 0 bridgehead atoms. The van der Waals surface area contributed by atoms with Crippen LogP contribution < -0.4 is 11.1 Å². The Morgan fingerprint density at radius 3 is 2.33 bits per heavy atom. The average Bonchev–Trinajstić information content (AvgIpc) is 2.79. The van der Waals surface area contributed by atoms with Crippen molar-refractivity contribution in [1.82, 2.24) is 15.1 Å². The van der Waals surface area contributed by atoms with Gasteiger partial charge in [-0.25, -0.2) is 0 Å². The summed E-state index contributed by atoms with van der Waals surface area (Å²) in [6, 6.07) is 0.718. The molecule has 2 fully saturated rings. The Bertz CT molecular complexity index is 238. The minimum atomic E-state index is 0.718. The van der Waals surface area contributed by atoms with Crippen molar-refractivity contribution < 1.29 is 0 Å². The first-order valence-electron chi connectivity index (χ1n) is 7.52. The lowest BCUT2D eigenvalue weighted by Gasteiger charge is -2.38.